The van der Waals surface area contributed by atoms with E-state index in [1.807, 2.05) is 12.1 Å². The third-order valence-corrected chi connectivity index (χ3v) is 4.62. The lowest BCUT2D eigenvalue weighted by molar-refractivity contribution is -0.143. The van der Waals surface area contributed by atoms with Crippen molar-refractivity contribution >= 4 is 11.9 Å². The van der Waals surface area contributed by atoms with Crippen LogP contribution in [0.1, 0.15) is 36.8 Å². The molecule has 2 aliphatic carbocycles. The van der Waals surface area contributed by atoms with Crippen LogP contribution < -0.4 is 10.1 Å². The van der Waals surface area contributed by atoms with Crippen LogP contribution >= 0.6 is 0 Å². The minimum absolute atomic E-state index is 0.0749. The molecule has 5 heteroatoms. The second kappa shape index (κ2) is 5.99. The monoisotopic (exact) mass is 303 g/mol. The first-order chi connectivity index (χ1) is 10.6. The van der Waals surface area contributed by atoms with Crippen molar-refractivity contribution in [1.29, 1.82) is 0 Å². The molecule has 0 aliphatic heterocycles. The zero-order valence-corrected chi connectivity index (χ0v) is 12.6. The van der Waals surface area contributed by atoms with Crippen molar-refractivity contribution in [2.75, 3.05) is 13.2 Å². The molecule has 0 unspecified atom stereocenters. The molecule has 1 aromatic rings. The summed E-state index contributed by atoms with van der Waals surface area (Å²) in [6.45, 7) is 0.114. The van der Waals surface area contributed by atoms with Gasteiger partial charge in [-0.3, -0.25) is 9.59 Å². The third kappa shape index (κ3) is 3.24. The Morgan fingerprint density at radius 2 is 1.91 bits per heavy atom. The summed E-state index contributed by atoms with van der Waals surface area (Å²) in [5, 5.41) is 11.7. The first-order valence-corrected chi connectivity index (χ1v) is 7.84. The van der Waals surface area contributed by atoms with Crippen LogP contribution in [0.2, 0.25) is 0 Å². The number of carbonyl (C=O) groups is 2. The highest BCUT2D eigenvalue weighted by Crippen LogP contribution is 2.45. The minimum atomic E-state index is -0.830. The van der Waals surface area contributed by atoms with E-state index in [1.165, 1.54) is 24.0 Å². The van der Waals surface area contributed by atoms with E-state index in [0.29, 0.717) is 18.6 Å². The van der Waals surface area contributed by atoms with Crippen molar-refractivity contribution in [3.63, 3.8) is 0 Å². The molecule has 0 aromatic heterocycles. The second-order valence-corrected chi connectivity index (χ2v) is 6.29. The minimum Gasteiger partial charge on any atom is -0.484 e. The maximum absolute atomic E-state index is 11.8. The number of ether oxygens (including phenoxy) is 1. The van der Waals surface area contributed by atoms with Gasteiger partial charge in [0.2, 0.25) is 0 Å². The van der Waals surface area contributed by atoms with E-state index in [1.54, 1.807) is 0 Å². The van der Waals surface area contributed by atoms with Crippen molar-refractivity contribution in [2.45, 2.75) is 38.5 Å². The van der Waals surface area contributed by atoms with E-state index in [-0.39, 0.29) is 19.1 Å². The second-order valence-electron chi connectivity index (χ2n) is 6.29. The van der Waals surface area contributed by atoms with Gasteiger partial charge in [-0.1, -0.05) is 6.07 Å². The molecule has 1 fully saturated rings. The smallest absolute Gasteiger partial charge is 0.311 e. The predicted octanol–water partition coefficient (Wildman–Crippen LogP) is 1.93. The van der Waals surface area contributed by atoms with Gasteiger partial charge in [-0.05, 0) is 61.8 Å². The number of benzene rings is 1. The van der Waals surface area contributed by atoms with Gasteiger partial charge in [-0.15, -0.1) is 0 Å². The van der Waals surface area contributed by atoms with Gasteiger partial charge in [-0.25, -0.2) is 0 Å². The number of amides is 1. The fourth-order valence-electron chi connectivity index (χ4n) is 2.88. The van der Waals surface area contributed by atoms with Gasteiger partial charge in [0.15, 0.2) is 6.61 Å². The Kier molecular flexibility index (Phi) is 4.05. The van der Waals surface area contributed by atoms with Gasteiger partial charge in [0.25, 0.3) is 5.91 Å². The predicted molar refractivity (Wildman–Crippen MR) is 80.9 cm³/mol. The van der Waals surface area contributed by atoms with Crippen LogP contribution in [0.4, 0.5) is 0 Å². The van der Waals surface area contributed by atoms with Crippen molar-refractivity contribution in [1.82, 2.24) is 5.32 Å². The molecular formula is C17H21NO4. The molecule has 0 spiro atoms. The van der Waals surface area contributed by atoms with Gasteiger partial charge < -0.3 is 15.2 Å². The summed E-state index contributed by atoms with van der Waals surface area (Å²) in [4.78, 5) is 22.8. The van der Waals surface area contributed by atoms with E-state index >= 15 is 0 Å². The molecule has 5 nitrogen and oxygen atoms in total. The first kappa shape index (κ1) is 14.9. The normalized spacial score (nSPS) is 18.2. The summed E-state index contributed by atoms with van der Waals surface area (Å²) in [6.07, 6.45) is 5.89. The molecule has 118 valence electrons. The average Bonchev–Trinajstić information content (AvgIpc) is 3.32. The first-order valence-electron chi connectivity index (χ1n) is 7.84. The molecule has 0 heterocycles. The van der Waals surface area contributed by atoms with Crippen molar-refractivity contribution in [3.8, 4) is 5.75 Å². The Hall–Kier alpha value is -2.04. The highest BCUT2D eigenvalue weighted by molar-refractivity contribution is 5.81. The van der Waals surface area contributed by atoms with Crippen LogP contribution in [0.25, 0.3) is 0 Å². The SMILES string of the molecule is O=C(COc1ccc2c(c1)CCCC2)NCC1(C(=O)O)CC1. The number of aryl methyl sites for hydroxylation is 2. The molecule has 2 aliphatic rings. The quantitative estimate of drug-likeness (QED) is 0.842. The summed E-state index contributed by atoms with van der Waals surface area (Å²) in [7, 11) is 0. The molecule has 2 N–H and O–H groups in total. The van der Waals surface area contributed by atoms with Crippen LogP contribution in [-0.4, -0.2) is 30.1 Å². The maximum Gasteiger partial charge on any atom is 0.311 e. The van der Waals surface area contributed by atoms with Crippen LogP contribution in [0, 0.1) is 5.41 Å². The van der Waals surface area contributed by atoms with Crippen LogP contribution in [-0.2, 0) is 22.4 Å². The van der Waals surface area contributed by atoms with Crippen molar-refractivity contribution in [3.05, 3.63) is 29.3 Å². The van der Waals surface area contributed by atoms with E-state index in [9.17, 15) is 9.59 Å². The lowest BCUT2D eigenvalue weighted by Gasteiger charge is -2.17. The number of carboxylic acid groups (broad SMARTS) is 1. The largest absolute Gasteiger partial charge is 0.484 e. The van der Waals surface area contributed by atoms with E-state index in [0.717, 1.165) is 12.8 Å². The average molecular weight is 303 g/mol. The third-order valence-electron chi connectivity index (χ3n) is 4.62. The summed E-state index contributed by atoms with van der Waals surface area (Å²) < 4.78 is 5.52. The van der Waals surface area contributed by atoms with Gasteiger partial charge >= 0.3 is 5.97 Å². The number of rotatable bonds is 6. The van der Waals surface area contributed by atoms with Gasteiger partial charge in [0.05, 0.1) is 5.41 Å². The molecule has 1 saturated carbocycles. The molecule has 0 bridgehead atoms. The molecular weight excluding hydrogens is 282 g/mol. The molecule has 22 heavy (non-hydrogen) atoms. The Morgan fingerprint density at radius 1 is 1.18 bits per heavy atom. The highest BCUT2D eigenvalue weighted by atomic mass is 16.5. The Labute approximate surface area is 129 Å². The zero-order chi connectivity index (χ0) is 15.6. The fourth-order valence-corrected chi connectivity index (χ4v) is 2.88. The van der Waals surface area contributed by atoms with Crippen molar-refractivity contribution in [2.24, 2.45) is 5.41 Å². The van der Waals surface area contributed by atoms with Gasteiger partial charge in [0, 0.05) is 6.54 Å². The number of fused-ring (bicyclic) bond motifs is 1. The summed E-state index contributed by atoms with van der Waals surface area (Å²) in [5.74, 6) is -0.399. The lowest BCUT2D eigenvalue weighted by atomic mass is 9.92. The number of carboxylic acids is 1. The molecule has 1 amide bonds. The number of aliphatic carboxylic acids is 1. The lowest BCUT2D eigenvalue weighted by Crippen LogP contribution is -2.36. The van der Waals surface area contributed by atoms with Crippen LogP contribution in [0.5, 0.6) is 5.75 Å². The maximum atomic E-state index is 11.8. The van der Waals surface area contributed by atoms with Crippen molar-refractivity contribution < 1.29 is 19.4 Å². The van der Waals surface area contributed by atoms with E-state index < -0.39 is 11.4 Å². The molecule has 0 saturated heterocycles. The molecule has 3 rings (SSSR count). The summed E-state index contributed by atoms with van der Waals surface area (Å²) in [6, 6.07) is 5.99. The van der Waals surface area contributed by atoms with Gasteiger partial charge in [0.1, 0.15) is 5.75 Å². The Morgan fingerprint density at radius 3 is 2.59 bits per heavy atom. The molecule has 1 aromatic carbocycles. The summed E-state index contributed by atoms with van der Waals surface area (Å²) in [5.41, 5.74) is 1.95. The number of carbonyl (C=O) groups excluding carboxylic acids is 1. The number of hydrogen-bond donors (Lipinski definition) is 2. The Balaban J connectivity index is 1.48. The number of hydrogen-bond acceptors (Lipinski definition) is 3. The summed E-state index contributed by atoms with van der Waals surface area (Å²) >= 11 is 0. The Bertz CT molecular complexity index is 592. The van der Waals surface area contributed by atoms with Crippen LogP contribution in [0.15, 0.2) is 18.2 Å². The van der Waals surface area contributed by atoms with Crippen LogP contribution in [0.3, 0.4) is 0 Å². The number of nitrogens with one attached hydrogen (secondary N) is 1. The fraction of sp³-hybridized carbons (Fsp3) is 0.529. The molecule has 0 radical (unpaired) electrons. The van der Waals surface area contributed by atoms with E-state index in [2.05, 4.69) is 11.4 Å². The zero-order valence-electron chi connectivity index (χ0n) is 12.6. The van der Waals surface area contributed by atoms with E-state index in [4.69, 9.17) is 9.84 Å². The van der Waals surface area contributed by atoms with Gasteiger partial charge in [-0.2, -0.15) is 0 Å². The highest BCUT2D eigenvalue weighted by Gasteiger charge is 2.50. The standard InChI is InChI=1S/C17H21NO4/c19-15(18-11-17(7-8-17)16(20)21)10-22-14-6-5-12-3-1-2-4-13(12)9-14/h5-6,9H,1-4,7-8,10-11H2,(H,18,19)(H,20,21). The molecule has 0 atom stereocenters. The topological polar surface area (TPSA) is 75.6 Å².